The van der Waals surface area contributed by atoms with Crippen molar-refractivity contribution in [2.75, 3.05) is 24.5 Å². The highest BCUT2D eigenvalue weighted by Gasteiger charge is 2.36. The van der Waals surface area contributed by atoms with Crippen LogP contribution in [0.3, 0.4) is 0 Å². The summed E-state index contributed by atoms with van der Waals surface area (Å²) in [6, 6.07) is 6.57. The number of carbonyl (C=O) groups excluding carboxylic acids is 2. The first-order chi connectivity index (χ1) is 11.2. The van der Waals surface area contributed by atoms with Crippen molar-refractivity contribution in [2.45, 2.75) is 19.2 Å². The Hall–Kier alpha value is -2.51. The van der Waals surface area contributed by atoms with Crippen molar-refractivity contribution in [1.82, 2.24) is 4.90 Å². The molecule has 0 fully saturated rings. The number of benzene rings is 1. The molecular formula is C16H17F3N2O3. The van der Waals surface area contributed by atoms with Gasteiger partial charge in [-0.05, 0) is 19.1 Å². The molecule has 1 aromatic carbocycles. The van der Waals surface area contributed by atoms with E-state index in [0.29, 0.717) is 16.3 Å². The van der Waals surface area contributed by atoms with Crippen LogP contribution in [0.4, 0.5) is 18.9 Å². The van der Waals surface area contributed by atoms with E-state index in [1.165, 1.54) is 13.0 Å². The molecule has 1 unspecified atom stereocenters. The minimum absolute atomic E-state index is 0.256. The number of hydrogen-bond donors (Lipinski definition) is 0. The zero-order valence-corrected chi connectivity index (χ0v) is 13.0. The fraction of sp³-hybridized carbons (Fsp3) is 0.375. The van der Waals surface area contributed by atoms with Crippen molar-refractivity contribution < 1.29 is 27.5 Å². The molecule has 1 atom stereocenters. The molecule has 2 rings (SSSR count). The van der Waals surface area contributed by atoms with E-state index in [0.717, 1.165) is 4.90 Å². The molecule has 1 heterocycles. The first-order valence-electron chi connectivity index (χ1n) is 7.25. The second-order valence-corrected chi connectivity index (χ2v) is 5.33. The minimum Gasteiger partial charge on any atom is -0.479 e. The van der Waals surface area contributed by atoms with Crippen LogP contribution in [0.15, 0.2) is 36.9 Å². The van der Waals surface area contributed by atoms with Gasteiger partial charge in [-0.25, -0.2) is 0 Å². The van der Waals surface area contributed by atoms with Gasteiger partial charge in [0.05, 0.1) is 5.69 Å². The normalized spacial score (nSPS) is 17.1. The summed E-state index contributed by atoms with van der Waals surface area (Å²) in [5, 5.41) is 0. The molecule has 1 aromatic rings. The molecule has 130 valence electrons. The van der Waals surface area contributed by atoms with Crippen molar-refractivity contribution in [2.24, 2.45) is 0 Å². The number of halogens is 3. The van der Waals surface area contributed by atoms with Crippen LogP contribution in [0.2, 0.25) is 0 Å². The predicted octanol–water partition coefficient (Wildman–Crippen LogP) is 2.38. The molecule has 0 aromatic heterocycles. The summed E-state index contributed by atoms with van der Waals surface area (Å²) in [7, 11) is 0. The van der Waals surface area contributed by atoms with E-state index in [2.05, 4.69) is 6.58 Å². The number of ether oxygens (including phenoxy) is 1. The summed E-state index contributed by atoms with van der Waals surface area (Å²) in [5.41, 5.74) is 0.361. The number of fused-ring (bicyclic) bond motifs is 1. The quantitative estimate of drug-likeness (QED) is 0.772. The molecule has 0 spiro atoms. The molecule has 1 aliphatic heterocycles. The Balaban J connectivity index is 2.22. The molecule has 0 saturated carbocycles. The van der Waals surface area contributed by atoms with Crippen LogP contribution < -0.4 is 9.64 Å². The highest BCUT2D eigenvalue weighted by atomic mass is 19.4. The Labute approximate surface area is 137 Å². The van der Waals surface area contributed by atoms with E-state index in [-0.39, 0.29) is 6.54 Å². The van der Waals surface area contributed by atoms with Crippen molar-refractivity contribution >= 4 is 17.5 Å². The highest BCUT2D eigenvalue weighted by molar-refractivity contribution is 6.03. The largest absolute Gasteiger partial charge is 0.479 e. The van der Waals surface area contributed by atoms with Crippen molar-refractivity contribution in [3.63, 3.8) is 0 Å². The standard InChI is InChI=1S/C16H17F3N2O3/c1-3-8-20(10-16(17,18)19)14(22)9-21-12-6-4-5-7-13(12)24-11(2)15(21)23/h3-7,11H,1,8-10H2,2H3. The lowest BCUT2D eigenvalue weighted by Crippen LogP contribution is -2.50. The molecule has 5 nitrogen and oxygen atoms in total. The third kappa shape index (κ3) is 4.06. The van der Waals surface area contributed by atoms with E-state index in [1.54, 1.807) is 24.3 Å². The number of para-hydroxylation sites is 2. The van der Waals surface area contributed by atoms with Crippen LogP contribution in [0, 0.1) is 0 Å². The summed E-state index contributed by atoms with van der Waals surface area (Å²) in [6.45, 7) is 2.74. The van der Waals surface area contributed by atoms with Gasteiger partial charge in [-0.2, -0.15) is 13.2 Å². The number of anilines is 1. The van der Waals surface area contributed by atoms with Gasteiger partial charge in [0.2, 0.25) is 5.91 Å². The lowest BCUT2D eigenvalue weighted by atomic mass is 10.2. The first-order valence-corrected chi connectivity index (χ1v) is 7.25. The summed E-state index contributed by atoms with van der Waals surface area (Å²) in [6.07, 6.45) is -4.14. The molecule has 0 radical (unpaired) electrons. The molecule has 8 heteroatoms. The fourth-order valence-electron chi connectivity index (χ4n) is 2.38. The van der Waals surface area contributed by atoms with E-state index >= 15 is 0 Å². The van der Waals surface area contributed by atoms with Crippen LogP contribution in [-0.2, 0) is 9.59 Å². The SMILES string of the molecule is C=CCN(CC(F)(F)F)C(=O)CN1C(=O)C(C)Oc2ccccc21. The number of amides is 2. The summed E-state index contributed by atoms with van der Waals surface area (Å²) in [4.78, 5) is 26.3. The van der Waals surface area contributed by atoms with Crippen molar-refractivity contribution in [1.29, 1.82) is 0 Å². The third-order valence-electron chi connectivity index (χ3n) is 3.44. The van der Waals surface area contributed by atoms with Crippen molar-refractivity contribution in [3.05, 3.63) is 36.9 Å². The van der Waals surface area contributed by atoms with E-state index < -0.39 is 37.2 Å². The Morgan fingerprint density at radius 2 is 2.08 bits per heavy atom. The molecular weight excluding hydrogens is 325 g/mol. The van der Waals surface area contributed by atoms with E-state index in [4.69, 9.17) is 4.74 Å². The second-order valence-electron chi connectivity index (χ2n) is 5.33. The van der Waals surface area contributed by atoms with Gasteiger partial charge in [-0.15, -0.1) is 6.58 Å². The van der Waals surface area contributed by atoms with Crippen LogP contribution >= 0.6 is 0 Å². The van der Waals surface area contributed by atoms with Gasteiger partial charge in [-0.3, -0.25) is 14.5 Å². The number of nitrogens with zero attached hydrogens (tertiary/aromatic N) is 2. The second kappa shape index (κ2) is 6.94. The average molecular weight is 342 g/mol. The lowest BCUT2D eigenvalue weighted by molar-refractivity contribution is -0.159. The van der Waals surface area contributed by atoms with Crippen LogP contribution in [-0.4, -0.2) is 48.6 Å². The molecule has 1 aliphatic rings. The molecule has 24 heavy (non-hydrogen) atoms. The maximum atomic E-state index is 12.6. The Morgan fingerprint density at radius 1 is 1.42 bits per heavy atom. The van der Waals surface area contributed by atoms with E-state index in [1.807, 2.05) is 0 Å². The molecule has 0 aliphatic carbocycles. The number of hydrogen-bond acceptors (Lipinski definition) is 3. The smallest absolute Gasteiger partial charge is 0.406 e. The number of carbonyl (C=O) groups is 2. The molecule has 0 N–H and O–H groups in total. The van der Waals surface area contributed by atoms with Gasteiger partial charge in [0.1, 0.15) is 18.8 Å². The number of alkyl halides is 3. The van der Waals surface area contributed by atoms with Gasteiger partial charge in [0, 0.05) is 6.54 Å². The minimum atomic E-state index is -4.53. The summed E-state index contributed by atoms with van der Waals surface area (Å²) in [5.74, 6) is -0.888. The van der Waals surface area contributed by atoms with Crippen LogP contribution in [0.25, 0.3) is 0 Å². The zero-order chi connectivity index (χ0) is 17.9. The van der Waals surface area contributed by atoms with Gasteiger partial charge in [-0.1, -0.05) is 18.2 Å². The first kappa shape index (κ1) is 17.8. The maximum absolute atomic E-state index is 12.6. The zero-order valence-electron chi connectivity index (χ0n) is 13.0. The third-order valence-corrected chi connectivity index (χ3v) is 3.44. The summed E-state index contributed by atoms with van der Waals surface area (Å²) < 4.78 is 43.3. The van der Waals surface area contributed by atoms with Crippen LogP contribution in [0.1, 0.15) is 6.92 Å². The Morgan fingerprint density at radius 3 is 2.71 bits per heavy atom. The van der Waals surface area contributed by atoms with Gasteiger partial charge in [0.25, 0.3) is 5.91 Å². The lowest BCUT2D eigenvalue weighted by Gasteiger charge is -2.34. The van der Waals surface area contributed by atoms with Crippen molar-refractivity contribution in [3.8, 4) is 5.75 Å². The number of rotatable bonds is 5. The Kier molecular flexibility index (Phi) is 5.16. The highest BCUT2D eigenvalue weighted by Crippen LogP contribution is 2.33. The van der Waals surface area contributed by atoms with E-state index in [9.17, 15) is 22.8 Å². The summed E-state index contributed by atoms with van der Waals surface area (Å²) >= 11 is 0. The van der Waals surface area contributed by atoms with Gasteiger partial charge >= 0.3 is 6.18 Å². The molecule has 2 amide bonds. The topological polar surface area (TPSA) is 49.9 Å². The maximum Gasteiger partial charge on any atom is 0.406 e. The molecule has 0 saturated heterocycles. The van der Waals surface area contributed by atoms with Gasteiger partial charge < -0.3 is 9.64 Å². The molecule has 0 bridgehead atoms. The van der Waals surface area contributed by atoms with Gasteiger partial charge in [0.15, 0.2) is 6.10 Å². The monoisotopic (exact) mass is 342 g/mol. The van der Waals surface area contributed by atoms with Crippen LogP contribution in [0.5, 0.6) is 5.75 Å². The average Bonchev–Trinajstić information content (AvgIpc) is 2.50. The predicted molar refractivity (Wildman–Crippen MR) is 81.7 cm³/mol. The fourth-order valence-corrected chi connectivity index (χ4v) is 2.38. The Bertz CT molecular complexity index is 646.